The molecule has 1 fully saturated rings. The molecule has 1 aliphatic heterocycles. The van der Waals surface area contributed by atoms with E-state index < -0.39 is 6.36 Å². The topological polar surface area (TPSA) is 93.0 Å². The number of hydrogen-bond donors (Lipinski definition) is 2. The van der Waals surface area contributed by atoms with Gasteiger partial charge in [-0.1, -0.05) is 12.1 Å². The van der Waals surface area contributed by atoms with Crippen LogP contribution >= 0.6 is 0 Å². The zero-order valence-electron chi connectivity index (χ0n) is 20.2. The zero-order valence-corrected chi connectivity index (χ0v) is 20.2. The first kappa shape index (κ1) is 25.5. The molecule has 2 aromatic heterocycles. The first-order valence-corrected chi connectivity index (χ1v) is 12.0. The third kappa shape index (κ3) is 6.39. The Morgan fingerprint density at radius 3 is 2.61 bits per heavy atom. The molecule has 1 saturated heterocycles. The molecule has 0 atom stereocenters. The van der Waals surface area contributed by atoms with E-state index in [0.717, 1.165) is 32.8 Å². The highest BCUT2D eigenvalue weighted by atomic mass is 19.4. The van der Waals surface area contributed by atoms with Gasteiger partial charge in [0, 0.05) is 49.2 Å². The number of nitrogens with one attached hydrogen (secondary N) is 2. The van der Waals surface area contributed by atoms with Crippen molar-refractivity contribution in [1.82, 2.24) is 24.8 Å². The van der Waals surface area contributed by atoms with Crippen LogP contribution < -0.4 is 15.4 Å². The summed E-state index contributed by atoms with van der Waals surface area (Å²) < 4.78 is 48.9. The fourth-order valence-electron chi connectivity index (χ4n) is 4.13. The lowest BCUT2D eigenvalue weighted by atomic mass is 10.1. The Hall–Kier alpha value is -4.16. The van der Waals surface area contributed by atoms with Crippen molar-refractivity contribution < 1.29 is 27.4 Å². The van der Waals surface area contributed by atoms with Crippen molar-refractivity contribution in [3.05, 3.63) is 72.4 Å². The number of carbonyl (C=O) groups is 1. The summed E-state index contributed by atoms with van der Waals surface area (Å²) in [5.41, 5.74) is 2.75. The number of ether oxygens (including phenoxy) is 2. The number of alkyl halides is 3. The van der Waals surface area contributed by atoms with Gasteiger partial charge in [0.2, 0.25) is 5.95 Å². The molecule has 0 spiro atoms. The number of aromatic nitrogens is 3. The van der Waals surface area contributed by atoms with Gasteiger partial charge in [-0.3, -0.25) is 9.69 Å². The summed E-state index contributed by atoms with van der Waals surface area (Å²) in [5.74, 6) is -0.181. The van der Waals surface area contributed by atoms with Gasteiger partial charge in [0.1, 0.15) is 5.75 Å². The fraction of sp³-hybridized carbons (Fsp3) is 0.269. The Morgan fingerprint density at radius 2 is 1.84 bits per heavy atom. The van der Waals surface area contributed by atoms with E-state index in [1.54, 1.807) is 48.7 Å². The maximum atomic E-state index is 12.6. The lowest BCUT2D eigenvalue weighted by molar-refractivity contribution is -0.274. The summed E-state index contributed by atoms with van der Waals surface area (Å²) in [4.78, 5) is 19.2. The second-order valence-electron chi connectivity index (χ2n) is 8.61. The van der Waals surface area contributed by atoms with Crippen molar-refractivity contribution in [3.63, 3.8) is 0 Å². The summed E-state index contributed by atoms with van der Waals surface area (Å²) in [6.45, 7) is 4.50. The smallest absolute Gasteiger partial charge is 0.406 e. The summed E-state index contributed by atoms with van der Waals surface area (Å²) >= 11 is 0. The van der Waals surface area contributed by atoms with Gasteiger partial charge in [0.05, 0.1) is 13.2 Å². The highest BCUT2D eigenvalue weighted by Gasteiger charge is 2.31. The first-order chi connectivity index (χ1) is 18.3. The Kier molecular flexibility index (Phi) is 7.43. The van der Waals surface area contributed by atoms with Crippen LogP contribution in [0.1, 0.15) is 10.4 Å². The van der Waals surface area contributed by atoms with Crippen molar-refractivity contribution in [3.8, 4) is 16.9 Å². The van der Waals surface area contributed by atoms with E-state index >= 15 is 0 Å². The van der Waals surface area contributed by atoms with Crippen LogP contribution in [0.5, 0.6) is 5.75 Å². The number of halogens is 3. The molecule has 1 aliphatic rings. The minimum Gasteiger partial charge on any atom is -0.406 e. The standard InChI is InChI=1S/C26H25F3N6O3/c27-26(28,29)38-21-4-1-3-19(17-21)22-5-2-11-35-23(22)32-25(33-35)31-20-8-6-18(7-9-20)24(36)30-10-12-34-13-15-37-16-14-34/h1-9,11,17H,10,12-16H2,(H,30,36)(H,31,33). The van der Waals surface area contributed by atoms with Crippen molar-refractivity contribution >= 4 is 23.2 Å². The quantitative estimate of drug-likeness (QED) is 0.357. The molecule has 2 aromatic carbocycles. The number of pyridine rings is 1. The molecule has 0 unspecified atom stereocenters. The number of morpholine rings is 1. The van der Waals surface area contributed by atoms with Crippen LogP contribution in [-0.2, 0) is 4.74 Å². The van der Waals surface area contributed by atoms with Gasteiger partial charge in [-0.25, -0.2) is 4.52 Å². The molecule has 1 amide bonds. The predicted molar refractivity (Wildman–Crippen MR) is 134 cm³/mol. The summed E-state index contributed by atoms with van der Waals surface area (Å²) in [5, 5.41) is 10.4. The zero-order chi connectivity index (χ0) is 26.5. The number of benzene rings is 2. The van der Waals surface area contributed by atoms with Gasteiger partial charge in [-0.05, 0) is 54.1 Å². The van der Waals surface area contributed by atoms with E-state index in [1.807, 2.05) is 0 Å². The number of hydrogen-bond acceptors (Lipinski definition) is 7. The molecule has 38 heavy (non-hydrogen) atoms. The first-order valence-electron chi connectivity index (χ1n) is 12.0. The SMILES string of the molecule is O=C(NCCN1CCOCC1)c1ccc(Nc2nc3c(-c4cccc(OC(F)(F)F)c4)cccn3n2)cc1. The highest BCUT2D eigenvalue weighted by Crippen LogP contribution is 2.30. The van der Waals surface area contributed by atoms with E-state index in [2.05, 4.69) is 30.4 Å². The Morgan fingerprint density at radius 1 is 1.05 bits per heavy atom. The lowest BCUT2D eigenvalue weighted by Crippen LogP contribution is -2.41. The third-order valence-corrected chi connectivity index (χ3v) is 5.96. The normalized spacial score (nSPS) is 14.4. The van der Waals surface area contributed by atoms with Gasteiger partial charge >= 0.3 is 6.36 Å². The number of rotatable bonds is 8. The Labute approximate surface area is 216 Å². The van der Waals surface area contributed by atoms with Crippen LogP contribution in [0.15, 0.2) is 66.9 Å². The average molecular weight is 527 g/mol. The number of fused-ring (bicyclic) bond motifs is 1. The van der Waals surface area contributed by atoms with E-state index in [-0.39, 0.29) is 11.7 Å². The minimum absolute atomic E-state index is 0.156. The molecule has 2 N–H and O–H groups in total. The molecule has 12 heteroatoms. The Balaban J connectivity index is 1.25. The maximum absolute atomic E-state index is 12.6. The van der Waals surface area contributed by atoms with Crippen LogP contribution in [-0.4, -0.2) is 71.2 Å². The van der Waals surface area contributed by atoms with E-state index in [9.17, 15) is 18.0 Å². The molecule has 0 bridgehead atoms. The summed E-state index contributed by atoms with van der Waals surface area (Å²) in [6.07, 6.45) is -3.09. The molecule has 5 rings (SSSR count). The summed E-state index contributed by atoms with van der Waals surface area (Å²) in [7, 11) is 0. The molecular weight excluding hydrogens is 501 g/mol. The molecule has 0 aliphatic carbocycles. The molecule has 4 aromatic rings. The van der Waals surface area contributed by atoms with Crippen LogP contribution in [0.3, 0.4) is 0 Å². The van der Waals surface area contributed by atoms with E-state index in [1.165, 1.54) is 22.7 Å². The molecular formula is C26H25F3N6O3. The largest absolute Gasteiger partial charge is 0.573 e. The average Bonchev–Trinajstić information content (AvgIpc) is 3.31. The van der Waals surface area contributed by atoms with Gasteiger partial charge in [0.15, 0.2) is 5.65 Å². The number of nitrogens with zero attached hydrogens (tertiary/aromatic N) is 4. The fourth-order valence-corrected chi connectivity index (χ4v) is 4.13. The van der Waals surface area contributed by atoms with E-state index in [4.69, 9.17) is 4.74 Å². The number of amides is 1. The van der Waals surface area contributed by atoms with Crippen molar-refractivity contribution in [1.29, 1.82) is 0 Å². The van der Waals surface area contributed by atoms with Crippen LogP contribution in [0.25, 0.3) is 16.8 Å². The van der Waals surface area contributed by atoms with Gasteiger partial charge in [0.25, 0.3) is 5.91 Å². The highest BCUT2D eigenvalue weighted by molar-refractivity contribution is 5.94. The Bertz CT molecular complexity index is 1400. The van der Waals surface area contributed by atoms with Crippen molar-refractivity contribution in [2.75, 3.05) is 44.7 Å². The van der Waals surface area contributed by atoms with Crippen molar-refractivity contribution in [2.24, 2.45) is 0 Å². The number of anilines is 2. The predicted octanol–water partition coefficient (Wildman–Crippen LogP) is 4.10. The second kappa shape index (κ2) is 11.1. The molecule has 3 heterocycles. The number of carbonyl (C=O) groups excluding carboxylic acids is 1. The molecule has 0 saturated carbocycles. The molecule has 9 nitrogen and oxygen atoms in total. The third-order valence-electron chi connectivity index (χ3n) is 5.96. The van der Waals surface area contributed by atoms with Crippen molar-refractivity contribution in [2.45, 2.75) is 6.36 Å². The lowest BCUT2D eigenvalue weighted by Gasteiger charge is -2.26. The van der Waals surface area contributed by atoms with Crippen LogP contribution in [0.4, 0.5) is 24.8 Å². The molecule has 198 valence electrons. The summed E-state index contributed by atoms with van der Waals surface area (Å²) in [6, 6.07) is 16.1. The minimum atomic E-state index is -4.78. The van der Waals surface area contributed by atoms with Gasteiger partial charge in [-0.2, -0.15) is 4.98 Å². The monoisotopic (exact) mass is 526 g/mol. The molecule has 0 radical (unpaired) electrons. The van der Waals surface area contributed by atoms with Crippen LogP contribution in [0, 0.1) is 0 Å². The van der Waals surface area contributed by atoms with Crippen LogP contribution in [0.2, 0.25) is 0 Å². The maximum Gasteiger partial charge on any atom is 0.573 e. The van der Waals surface area contributed by atoms with Gasteiger partial charge in [-0.15, -0.1) is 18.3 Å². The second-order valence-corrected chi connectivity index (χ2v) is 8.61. The van der Waals surface area contributed by atoms with E-state index in [0.29, 0.717) is 40.5 Å². The van der Waals surface area contributed by atoms with Gasteiger partial charge < -0.3 is 20.1 Å².